The van der Waals surface area contributed by atoms with Crippen molar-refractivity contribution < 1.29 is 13.3 Å². The van der Waals surface area contributed by atoms with Gasteiger partial charge in [0, 0.05) is 28.6 Å². The number of hydrogen-bond donors (Lipinski definition) is 1. The number of nitrogens with one attached hydrogen (secondary N) is 1. The van der Waals surface area contributed by atoms with Crippen LogP contribution in [0.4, 0.5) is 10.8 Å². The predicted molar refractivity (Wildman–Crippen MR) is 117 cm³/mol. The second-order valence-electron chi connectivity index (χ2n) is 6.31. The van der Waals surface area contributed by atoms with Gasteiger partial charge in [-0.25, -0.2) is 13.4 Å². The summed E-state index contributed by atoms with van der Waals surface area (Å²) in [5, 5.41) is 12.8. The molecule has 0 atom stereocenters. The summed E-state index contributed by atoms with van der Waals surface area (Å²) >= 11 is 1.11. The van der Waals surface area contributed by atoms with Crippen LogP contribution in [-0.2, 0) is 10.0 Å². The van der Waals surface area contributed by atoms with Crippen molar-refractivity contribution in [1.29, 1.82) is 0 Å². The zero-order chi connectivity index (χ0) is 21.1. The van der Waals surface area contributed by atoms with Crippen molar-refractivity contribution in [3.63, 3.8) is 0 Å². The average molecular weight is 438 g/mol. The lowest BCUT2D eigenvalue weighted by Gasteiger charge is -2.11. The maximum atomic E-state index is 13.1. The van der Waals surface area contributed by atoms with Gasteiger partial charge in [0.05, 0.1) is 15.5 Å². The molecule has 4 rings (SSSR count). The molecule has 0 aliphatic rings. The first-order valence-electron chi connectivity index (χ1n) is 8.82. The summed E-state index contributed by atoms with van der Waals surface area (Å²) in [6, 6.07) is 22.0. The van der Waals surface area contributed by atoms with Crippen LogP contribution in [0.1, 0.15) is 0 Å². The Labute approximate surface area is 176 Å². The molecule has 4 aromatic rings. The lowest BCUT2D eigenvalue weighted by atomic mass is 10.1. The molecule has 0 unspecified atom stereocenters. The van der Waals surface area contributed by atoms with Gasteiger partial charge in [0.15, 0.2) is 5.13 Å². The number of benzene rings is 3. The van der Waals surface area contributed by atoms with Gasteiger partial charge in [-0.15, -0.1) is 11.3 Å². The quantitative estimate of drug-likeness (QED) is 0.330. The van der Waals surface area contributed by atoms with E-state index in [-0.39, 0.29) is 15.7 Å². The minimum atomic E-state index is -3.89. The monoisotopic (exact) mass is 437 g/mol. The Morgan fingerprint density at radius 3 is 2.37 bits per heavy atom. The summed E-state index contributed by atoms with van der Waals surface area (Å²) in [4.78, 5) is 14.9. The van der Waals surface area contributed by atoms with E-state index in [1.165, 1.54) is 12.1 Å². The van der Waals surface area contributed by atoms with Gasteiger partial charge in [0.1, 0.15) is 0 Å². The molecule has 1 N–H and O–H groups in total. The Balaban J connectivity index is 1.65. The molecule has 0 saturated heterocycles. The zero-order valence-corrected chi connectivity index (χ0v) is 17.1. The number of nitro groups is 1. The van der Waals surface area contributed by atoms with E-state index in [1.807, 2.05) is 30.3 Å². The maximum absolute atomic E-state index is 13.1. The molecule has 0 spiro atoms. The standard InChI is InChI=1S/C21H15N3O4S2/c25-24(26)17-10-6-9-16(13-17)19-14-29-21(22-19)23-30(27,28)20-12-5-4-11-18(20)15-7-2-1-3-8-15/h1-14H,(H,22,23). The fourth-order valence-corrected chi connectivity index (χ4v) is 5.16. The Morgan fingerprint density at radius 2 is 1.60 bits per heavy atom. The van der Waals surface area contributed by atoms with Crippen LogP contribution in [0.15, 0.2) is 89.1 Å². The number of nitrogens with zero attached hydrogens (tertiary/aromatic N) is 2. The molecule has 0 aliphatic carbocycles. The van der Waals surface area contributed by atoms with E-state index in [9.17, 15) is 18.5 Å². The molecule has 1 aromatic heterocycles. The highest BCUT2D eigenvalue weighted by atomic mass is 32.2. The van der Waals surface area contributed by atoms with Crippen molar-refractivity contribution in [2.45, 2.75) is 4.90 Å². The zero-order valence-electron chi connectivity index (χ0n) is 15.4. The summed E-state index contributed by atoms with van der Waals surface area (Å²) in [5.41, 5.74) is 2.31. The normalized spacial score (nSPS) is 11.2. The van der Waals surface area contributed by atoms with Crippen molar-refractivity contribution >= 4 is 32.2 Å². The van der Waals surface area contributed by atoms with Gasteiger partial charge < -0.3 is 0 Å². The third kappa shape index (κ3) is 4.07. The van der Waals surface area contributed by atoms with Crippen LogP contribution in [0.3, 0.4) is 0 Å². The number of anilines is 1. The van der Waals surface area contributed by atoms with E-state index in [2.05, 4.69) is 9.71 Å². The van der Waals surface area contributed by atoms with Gasteiger partial charge in [-0.2, -0.15) is 0 Å². The lowest BCUT2D eigenvalue weighted by Crippen LogP contribution is -2.13. The molecule has 9 heteroatoms. The van der Waals surface area contributed by atoms with Crippen LogP contribution >= 0.6 is 11.3 Å². The minimum Gasteiger partial charge on any atom is -0.258 e. The van der Waals surface area contributed by atoms with Crippen LogP contribution < -0.4 is 4.72 Å². The van der Waals surface area contributed by atoms with Gasteiger partial charge in [-0.05, 0) is 11.6 Å². The molecule has 3 aromatic carbocycles. The second-order valence-corrected chi connectivity index (χ2v) is 8.82. The van der Waals surface area contributed by atoms with Gasteiger partial charge in [0.25, 0.3) is 15.7 Å². The SMILES string of the molecule is O=[N+]([O-])c1cccc(-c2csc(NS(=O)(=O)c3ccccc3-c3ccccc3)n2)c1. The van der Waals surface area contributed by atoms with Crippen LogP contribution in [0.5, 0.6) is 0 Å². The number of sulfonamides is 1. The molecule has 0 saturated carbocycles. The van der Waals surface area contributed by atoms with Crippen molar-refractivity contribution in [2.75, 3.05) is 4.72 Å². The van der Waals surface area contributed by atoms with Gasteiger partial charge in [-0.1, -0.05) is 60.7 Å². The van der Waals surface area contributed by atoms with Crippen molar-refractivity contribution in [1.82, 2.24) is 4.98 Å². The number of aromatic nitrogens is 1. The first-order valence-corrected chi connectivity index (χ1v) is 11.2. The Bertz CT molecular complexity index is 1320. The largest absolute Gasteiger partial charge is 0.270 e. The van der Waals surface area contributed by atoms with Crippen LogP contribution in [0.2, 0.25) is 0 Å². The smallest absolute Gasteiger partial charge is 0.258 e. The molecular formula is C21H15N3O4S2. The first-order chi connectivity index (χ1) is 14.4. The first kappa shape index (κ1) is 19.7. The van der Waals surface area contributed by atoms with Crippen molar-refractivity contribution in [3.05, 3.63) is 94.4 Å². The molecule has 150 valence electrons. The molecule has 30 heavy (non-hydrogen) atoms. The lowest BCUT2D eigenvalue weighted by molar-refractivity contribution is -0.384. The summed E-state index contributed by atoms with van der Waals surface area (Å²) < 4.78 is 28.6. The van der Waals surface area contributed by atoms with E-state index in [4.69, 9.17) is 0 Å². The van der Waals surface area contributed by atoms with E-state index in [1.54, 1.807) is 41.8 Å². The highest BCUT2D eigenvalue weighted by Crippen LogP contribution is 2.31. The Hall–Kier alpha value is -3.56. The molecule has 1 heterocycles. The van der Waals surface area contributed by atoms with Crippen LogP contribution in [0.25, 0.3) is 22.4 Å². The summed E-state index contributed by atoms with van der Waals surface area (Å²) in [6.45, 7) is 0. The number of hydrogen-bond acceptors (Lipinski definition) is 6. The molecule has 7 nitrogen and oxygen atoms in total. The highest BCUT2D eigenvalue weighted by Gasteiger charge is 2.21. The Morgan fingerprint density at radius 1 is 0.900 bits per heavy atom. The molecule has 0 amide bonds. The molecule has 0 radical (unpaired) electrons. The van der Waals surface area contributed by atoms with E-state index in [0.29, 0.717) is 16.8 Å². The number of non-ortho nitro benzene ring substituents is 1. The van der Waals surface area contributed by atoms with Gasteiger partial charge >= 0.3 is 0 Å². The maximum Gasteiger partial charge on any atom is 0.270 e. The topological polar surface area (TPSA) is 102 Å². The second kappa shape index (κ2) is 8.05. The third-order valence-electron chi connectivity index (χ3n) is 4.34. The third-order valence-corrected chi connectivity index (χ3v) is 6.62. The van der Waals surface area contributed by atoms with Crippen LogP contribution in [-0.4, -0.2) is 18.3 Å². The highest BCUT2D eigenvalue weighted by molar-refractivity contribution is 7.93. The van der Waals surface area contributed by atoms with Crippen LogP contribution in [0, 0.1) is 10.1 Å². The van der Waals surface area contributed by atoms with Crippen molar-refractivity contribution in [3.8, 4) is 22.4 Å². The molecule has 0 fully saturated rings. The number of thiazole rings is 1. The van der Waals surface area contributed by atoms with Gasteiger partial charge in [0.2, 0.25) is 0 Å². The molecule has 0 aliphatic heterocycles. The summed E-state index contributed by atoms with van der Waals surface area (Å²) in [7, 11) is -3.89. The number of rotatable bonds is 6. The number of nitro benzene ring substituents is 1. The van der Waals surface area contributed by atoms with E-state index >= 15 is 0 Å². The average Bonchev–Trinajstić information content (AvgIpc) is 3.22. The molecular weight excluding hydrogens is 422 g/mol. The van der Waals surface area contributed by atoms with Gasteiger partial charge in [-0.3, -0.25) is 14.8 Å². The fraction of sp³-hybridized carbons (Fsp3) is 0. The predicted octanol–water partition coefficient (Wildman–Crippen LogP) is 5.19. The van der Waals surface area contributed by atoms with E-state index < -0.39 is 14.9 Å². The minimum absolute atomic E-state index is 0.0561. The molecule has 0 bridgehead atoms. The summed E-state index contributed by atoms with van der Waals surface area (Å²) in [6.07, 6.45) is 0. The fourth-order valence-electron chi connectivity index (χ4n) is 2.96. The van der Waals surface area contributed by atoms with E-state index in [0.717, 1.165) is 16.9 Å². The van der Waals surface area contributed by atoms with Crippen molar-refractivity contribution in [2.24, 2.45) is 0 Å². The summed E-state index contributed by atoms with van der Waals surface area (Å²) in [5.74, 6) is 0. The Kier molecular flexibility index (Phi) is 5.30.